The summed E-state index contributed by atoms with van der Waals surface area (Å²) in [4.78, 5) is 14.5. The van der Waals surface area contributed by atoms with Crippen molar-refractivity contribution in [2.45, 2.75) is 31.7 Å². The van der Waals surface area contributed by atoms with E-state index in [0.29, 0.717) is 25.3 Å². The normalized spacial score (nSPS) is 22.5. The van der Waals surface area contributed by atoms with E-state index in [9.17, 15) is 4.79 Å². The summed E-state index contributed by atoms with van der Waals surface area (Å²) in [6.07, 6.45) is 4.95. The molecule has 0 aromatic carbocycles. The molecule has 1 spiro atoms. The molecule has 0 bridgehead atoms. The van der Waals surface area contributed by atoms with Crippen molar-refractivity contribution >= 4 is 5.91 Å². The van der Waals surface area contributed by atoms with E-state index in [4.69, 9.17) is 4.74 Å². The van der Waals surface area contributed by atoms with Gasteiger partial charge in [0, 0.05) is 12.2 Å². The van der Waals surface area contributed by atoms with E-state index in [0.717, 1.165) is 18.5 Å². The number of H-pyrrole nitrogens is 1. The first kappa shape index (κ1) is 10.8. The van der Waals surface area contributed by atoms with Gasteiger partial charge in [0.1, 0.15) is 0 Å². The van der Waals surface area contributed by atoms with Gasteiger partial charge < -0.3 is 9.64 Å². The van der Waals surface area contributed by atoms with Gasteiger partial charge in [-0.05, 0) is 26.2 Å². The maximum Gasteiger partial charge on any atom is 0.257 e. The molecule has 1 saturated heterocycles. The minimum absolute atomic E-state index is 0.0287. The number of carbonyl (C=O) groups excluding carboxylic acids is 1. The number of rotatable bonds is 1. The summed E-state index contributed by atoms with van der Waals surface area (Å²) < 4.78 is 5.54. The van der Waals surface area contributed by atoms with E-state index in [1.165, 1.54) is 6.42 Å². The largest absolute Gasteiger partial charge is 0.377 e. The highest BCUT2D eigenvalue weighted by atomic mass is 16.5. The minimum Gasteiger partial charge on any atom is -0.377 e. The number of hydrogen-bond donors (Lipinski definition) is 1. The third kappa shape index (κ3) is 1.57. The first-order valence-corrected chi connectivity index (χ1v) is 6.13. The fourth-order valence-electron chi connectivity index (χ4n) is 2.76. The molecule has 1 aliphatic heterocycles. The molecule has 1 amide bonds. The Morgan fingerprint density at radius 2 is 2.41 bits per heavy atom. The topological polar surface area (TPSA) is 58.2 Å². The Morgan fingerprint density at radius 1 is 1.59 bits per heavy atom. The molecule has 5 heteroatoms. The zero-order chi connectivity index (χ0) is 11.9. The SMILES string of the molecule is Cc1[nH]ncc1C(=O)N1CCOCC12CCC2. The molecule has 1 aliphatic carbocycles. The van der Waals surface area contributed by atoms with Crippen LogP contribution in [0.4, 0.5) is 0 Å². The van der Waals surface area contributed by atoms with Gasteiger partial charge in [0.25, 0.3) is 5.91 Å². The van der Waals surface area contributed by atoms with Crippen molar-refractivity contribution in [1.82, 2.24) is 15.1 Å². The quantitative estimate of drug-likeness (QED) is 0.793. The van der Waals surface area contributed by atoms with E-state index in [1.807, 2.05) is 11.8 Å². The lowest BCUT2D eigenvalue weighted by molar-refractivity contribution is -0.0877. The highest BCUT2D eigenvalue weighted by molar-refractivity contribution is 5.95. The Bertz CT molecular complexity index is 437. The van der Waals surface area contributed by atoms with Gasteiger partial charge in [0.2, 0.25) is 0 Å². The molecule has 0 radical (unpaired) electrons. The van der Waals surface area contributed by atoms with Crippen molar-refractivity contribution in [2.24, 2.45) is 0 Å². The van der Waals surface area contributed by atoms with Gasteiger partial charge in [-0.3, -0.25) is 9.89 Å². The number of carbonyl (C=O) groups is 1. The summed E-state index contributed by atoms with van der Waals surface area (Å²) in [6, 6.07) is 0. The molecule has 0 atom stereocenters. The van der Waals surface area contributed by atoms with Crippen molar-refractivity contribution in [3.05, 3.63) is 17.5 Å². The van der Waals surface area contributed by atoms with Crippen LogP contribution < -0.4 is 0 Å². The number of aromatic amines is 1. The fraction of sp³-hybridized carbons (Fsp3) is 0.667. The van der Waals surface area contributed by atoms with Crippen LogP contribution >= 0.6 is 0 Å². The van der Waals surface area contributed by atoms with E-state index < -0.39 is 0 Å². The summed E-state index contributed by atoms with van der Waals surface area (Å²) in [6.45, 7) is 3.91. The summed E-state index contributed by atoms with van der Waals surface area (Å²) in [5, 5.41) is 6.75. The van der Waals surface area contributed by atoms with Crippen molar-refractivity contribution in [3.8, 4) is 0 Å². The second kappa shape index (κ2) is 3.84. The zero-order valence-electron chi connectivity index (χ0n) is 10.0. The van der Waals surface area contributed by atoms with E-state index in [-0.39, 0.29) is 11.4 Å². The first-order valence-electron chi connectivity index (χ1n) is 6.13. The summed E-state index contributed by atoms with van der Waals surface area (Å²) in [7, 11) is 0. The van der Waals surface area contributed by atoms with E-state index >= 15 is 0 Å². The van der Waals surface area contributed by atoms with Gasteiger partial charge in [-0.25, -0.2) is 0 Å². The second-order valence-corrected chi connectivity index (χ2v) is 5.00. The summed E-state index contributed by atoms with van der Waals surface area (Å²) in [5.41, 5.74) is 1.51. The average Bonchev–Trinajstić information content (AvgIpc) is 2.72. The average molecular weight is 235 g/mol. The molecule has 1 N–H and O–H groups in total. The van der Waals surface area contributed by atoms with Crippen molar-refractivity contribution in [3.63, 3.8) is 0 Å². The molecule has 0 unspecified atom stereocenters. The van der Waals surface area contributed by atoms with Crippen LogP contribution in [0, 0.1) is 6.92 Å². The monoisotopic (exact) mass is 235 g/mol. The van der Waals surface area contributed by atoms with Crippen LogP contribution in [0.15, 0.2) is 6.20 Å². The number of nitrogens with zero attached hydrogens (tertiary/aromatic N) is 2. The number of aryl methyl sites for hydroxylation is 1. The number of morpholine rings is 1. The lowest BCUT2D eigenvalue weighted by Crippen LogP contribution is -2.62. The Hall–Kier alpha value is -1.36. The molecule has 1 saturated carbocycles. The molecule has 2 heterocycles. The molecule has 1 aromatic rings. The molecule has 3 rings (SSSR count). The predicted octanol–water partition coefficient (Wildman–Crippen LogP) is 1.11. The van der Waals surface area contributed by atoms with Gasteiger partial charge in [-0.1, -0.05) is 0 Å². The predicted molar refractivity (Wildman–Crippen MR) is 61.8 cm³/mol. The van der Waals surface area contributed by atoms with Crippen LogP contribution in [0.3, 0.4) is 0 Å². The van der Waals surface area contributed by atoms with E-state index in [2.05, 4.69) is 10.2 Å². The van der Waals surface area contributed by atoms with Gasteiger partial charge in [-0.15, -0.1) is 0 Å². The van der Waals surface area contributed by atoms with E-state index in [1.54, 1.807) is 6.20 Å². The number of hydrogen-bond acceptors (Lipinski definition) is 3. The molecule has 17 heavy (non-hydrogen) atoms. The number of nitrogens with one attached hydrogen (secondary N) is 1. The highest BCUT2D eigenvalue weighted by Crippen LogP contribution is 2.40. The third-order valence-electron chi connectivity index (χ3n) is 3.99. The minimum atomic E-state index is -0.0287. The van der Waals surface area contributed by atoms with Crippen molar-refractivity contribution < 1.29 is 9.53 Å². The van der Waals surface area contributed by atoms with Crippen LogP contribution in [0.5, 0.6) is 0 Å². The lowest BCUT2D eigenvalue weighted by atomic mass is 9.75. The smallest absolute Gasteiger partial charge is 0.257 e. The van der Waals surface area contributed by atoms with Crippen LogP contribution in [0.25, 0.3) is 0 Å². The Balaban J connectivity index is 1.87. The molecule has 2 fully saturated rings. The van der Waals surface area contributed by atoms with Crippen LogP contribution in [-0.4, -0.2) is 46.3 Å². The molecule has 1 aromatic heterocycles. The zero-order valence-corrected chi connectivity index (χ0v) is 10.0. The second-order valence-electron chi connectivity index (χ2n) is 5.00. The molecular formula is C12H17N3O2. The maximum atomic E-state index is 12.5. The number of amides is 1. The molecule has 92 valence electrons. The Labute approximate surface area is 100 Å². The highest BCUT2D eigenvalue weighted by Gasteiger charge is 2.47. The molecule has 2 aliphatic rings. The van der Waals surface area contributed by atoms with Crippen molar-refractivity contribution in [1.29, 1.82) is 0 Å². The van der Waals surface area contributed by atoms with Crippen LogP contribution in [-0.2, 0) is 4.74 Å². The maximum absolute atomic E-state index is 12.5. The van der Waals surface area contributed by atoms with Gasteiger partial charge in [-0.2, -0.15) is 5.10 Å². The van der Waals surface area contributed by atoms with Crippen LogP contribution in [0.1, 0.15) is 35.3 Å². The Morgan fingerprint density at radius 3 is 3.00 bits per heavy atom. The van der Waals surface area contributed by atoms with Gasteiger partial charge >= 0.3 is 0 Å². The van der Waals surface area contributed by atoms with Crippen LogP contribution in [0.2, 0.25) is 0 Å². The lowest BCUT2D eigenvalue weighted by Gasteiger charge is -2.52. The number of aromatic nitrogens is 2. The molecular weight excluding hydrogens is 218 g/mol. The van der Waals surface area contributed by atoms with Gasteiger partial charge in [0.15, 0.2) is 0 Å². The Kier molecular flexibility index (Phi) is 2.43. The first-order chi connectivity index (χ1) is 8.23. The third-order valence-corrected chi connectivity index (χ3v) is 3.99. The summed E-state index contributed by atoms with van der Waals surface area (Å²) >= 11 is 0. The fourth-order valence-corrected chi connectivity index (χ4v) is 2.76. The standard InChI is InChI=1S/C12H17N3O2/c1-9-10(7-13-14-9)11(16)15-5-6-17-8-12(15)3-2-4-12/h7H,2-6,8H2,1H3,(H,13,14). The molecule has 5 nitrogen and oxygen atoms in total. The van der Waals surface area contributed by atoms with Gasteiger partial charge in [0.05, 0.1) is 30.5 Å². The number of ether oxygens (including phenoxy) is 1. The summed E-state index contributed by atoms with van der Waals surface area (Å²) in [5.74, 6) is 0.0965. The van der Waals surface area contributed by atoms with Crippen molar-refractivity contribution in [2.75, 3.05) is 19.8 Å².